The van der Waals surface area contributed by atoms with Gasteiger partial charge >= 0.3 is 0 Å². The zero-order valence-corrected chi connectivity index (χ0v) is 16.6. The largest absolute Gasteiger partial charge is 0.373 e. The molecule has 0 saturated carbocycles. The number of rotatable bonds is 8. The van der Waals surface area contributed by atoms with E-state index in [9.17, 15) is 0 Å². The molecule has 0 aromatic heterocycles. The normalized spacial score (nSPS) is 27.1. The van der Waals surface area contributed by atoms with E-state index in [0.717, 1.165) is 45.1 Å². The third kappa shape index (κ3) is 5.85. The van der Waals surface area contributed by atoms with E-state index in [1.54, 1.807) is 0 Å². The fourth-order valence-corrected chi connectivity index (χ4v) is 3.33. The van der Waals surface area contributed by atoms with E-state index in [-0.39, 0.29) is 24.0 Å². The Hall–Kier alpha value is -0.0800. The average molecular weight is 424 g/mol. The van der Waals surface area contributed by atoms with Crippen molar-refractivity contribution in [1.82, 2.24) is 15.5 Å². The summed E-state index contributed by atoms with van der Waals surface area (Å²) in [7, 11) is 0. The molecule has 2 bridgehead atoms. The van der Waals surface area contributed by atoms with Gasteiger partial charge in [0.15, 0.2) is 5.96 Å². The van der Waals surface area contributed by atoms with Gasteiger partial charge in [-0.2, -0.15) is 0 Å². The van der Waals surface area contributed by atoms with Crippen LogP contribution in [0.1, 0.15) is 46.5 Å². The molecule has 3 unspecified atom stereocenters. The highest BCUT2D eigenvalue weighted by Gasteiger charge is 2.41. The number of hydrogen-bond acceptors (Lipinski definition) is 3. The summed E-state index contributed by atoms with van der Waals surface area (Å²) in [5, 5.41) is 6.92. The van der Waals surface area contributed by atoms with Crippen LogP contribution in [0.3, 0.4) is 0 Å². The fraction of sp³-hybridized carbons (Fsp3) is 0.938. The zero-order valence-electron chi connectivity index (χ0n) is 14.3. The lowest BCUT2D eigenvalue weighted by molar-refractivity contribution is 0.0992. The standard InChI is InChI=1S/C16H32N4O.HI/c1-4-10-20(6-3)11-9-18-16(17-5-2)19-14-12-13-7-8-15(14)21-13;/h13-15H,4-12H2,1-3H3,(H2,17,18,19);1H. The van der Waals surface area contributed by atoms with E-state index in [2.05, 4.69) is 36.3 Å². The Morgan fingerprint density at radius 3 is 2.59 bits per heavy atom. The van der Waals surface area contributed by atoms with Gasteiger partial charge in [0.1, 0.15) is 0 Å². The van der Waals surface area contributed by atoms with Crippen molar-refractivity contribution in [2.75, 3.05) is 32.7 Å². The first-order chi connectivity index (χ1) is 10.3. The Bertz CT molecular complexity index is 340. The number of aliphatic imine (C=N–C) groups is 1. The number of nitrogens with one attached hydrogen (secondary N) is 2. The summed E-state index contributed by atoms with van der Waals surface area (Å²) in [6.07, 6.45) is 5.65. The van der Waals surface area contributed by atoms with Gasteiger partial charge in [-0.25, -0.2) is 0 Å². The molecule has 0 amide bonds. The maximum Gasteiger partial charge on any atom is 0.191 e. The Labute approximate surface area is 152 Å². The lowest BCUT2D eigenvalue weighted by Gasteiger charge is -2.23. The quantitative estimate of drug-likeness (QED) is 0.357. The van der Waals surface area contributed by atoms with E-state index in [0.29, 0.717) is 18.2 Å². The highest BCUT2D eigenvalue weighted by molar-refractivity contribution is 14.0. The molecule has 0 aliphatic carbocycles. The van der Waals surface area contributed by atoms with Crippen molar-refractivity contribution in [2.45, 2.75) is 64.7 Å². The minimum absolute atomic E-state index is 0. The average Bonchev–Trinajstić information content (AvgIpc) is 3.09. The van der Waals surface area contributed by atoms with Crippen molar-refractivity contribution in [3.05, 3.63) is 0 Å². The minimum Gasteiger partial charge on any atom is -0.373 e. The molecular weight excluding hydrogens is 391 g/mol. The maximum absolute atomic E-state index is 5.90. The molecule has 2 saturated heterocycles. The van der Waals surface area contributed by atoms with Crippen LogP contribution in [0.15, 0.2) is 4.99 Å². The fourth-order valence-electron chi connectivity index (χ4n) is 3.33. The lowest BCUT2D eigenvalue weighted by Crippen LogP contribution is -2.47. The number of halogens is 1. The van der Waals surface area contributed by atoms with Crippen molar-refractivity contribution in [1.29, 1.82) is 0 Å². The maximum atomic E-state index is 5.90. The summed E-state index contributed by atoms with van der Waals surface area (Å²) >= 11 is 0. The molecule has 0 aromatic carbocycles. The van der Waals surface area contributed by atoms with Gasteiger partial charge in [0.25, 0.3) is 0 Å². The Morgan fingerprint density at radius 2 is 2.05 bits per heavy atom. The van der Waals surface area contributed by atoms with Crippen LogP contribution in [-0.4, -0.2) is 61.8 Å². The molecule has 0 spiro atoms. The smallest absolute Gasteiger partial charge is 0.191 e. The van der Waals surface area contributed by atoms with Crippen LogP contribution in [0.25, 0.3) is 0 Å². The van der Waals surface area contributed by atoms with Gasteiger partial charge in [-0.1, -0.05) is 13.8 Å². The van der Waals surface area contributed by atoms with Crippen molar-refractivity contribution in [3.63, 3.8) is 0 Å². The number of likely N-dealkylation sites (N-methyl/N-ethyl adjacent to an activating group) is 1. The minimum atomic E-state index is 0. The molecule has 2 heterocycles. The van der Waals surface area contributed by atoms with E-state index in [1.165, 1.54) is 19.3 Å². The van der Waals surface area contributed by atoms with Crippen molar-refractivity contribution in [2.24, 2.45) is 4.99 Å². The summed E-state index contributed by atoms with van der Waals surface area (Å²) in [6.45, 7) is 11.6. The second-order valence-electron chi connectivity index (χ2n) is 6.06. The summed E-state index contributed by atoms with van der Waals surface area (Å²) in [6, 6.07) is 0.444. The predicted octanol–water partition coefficient (Wildman–Crippen LogP) is 2.21. The molecule has 0 radical (unpaired) electrons. The van der Waals surface area contributed by atoms with E-state index >= 15 is 0 Å². The van der Waals surface area contributed by atoms with Gasteiger partial charge in [-0.05, 0) is 45.7 Å². The van der Waals surface area contributed by atoms with Crippen LogP contribution in [0, 0.1) is 0 Å². The third-order valence-corrected chi connectivity index (χ3v) is 4.45. The third-order valence-electron chi connectivity index (χ3n) is 4.45. The number of guanidine groups is 1. The van der Waals surface area contributed by atoms with Crippen LogP contribution in [0.2, 0.25) is 0 Å². The SMILES string of the molecule is CCCN(CC)CCN=C(NCC)NC1CC2CCC1O2.I. The highest BCUT2D eigenvalue weighted by Crippen LogP contribution is 2.34. The molecule has 2 aliphatic rings. The second kappa shape index (κ2) is 10.6. The molecule has 2 N–H and O–H groups in total. The van der Waals surface area contributed by atoms with Gasteiger partial charge in [-0.3, -0.25) is 4.99 Å². The first-order valence-corrected chi connectivity index (χ1v) is 8.69. The lowest BCUT2D eigenvalue weighted by atomic mass is 9.96. The molecule has 2 aliphatic heterocycles. The number of fused-ring (bicyclic) bond motifs is 2. The van der Waals surface area contributed by atoms with Crippen molar-refractivity contribution < 1.29 is 4.74 Å². The molecule has 2 rings (SSSR count). The van der Waals surface area contributed by atoms with Crippen LogP contribution in [-0.2, 0) is 4.74 Å². The van der Waals surface area contributed by atoms with E-state index in [1.807, 2.05) is 0 Å². The molecule has 0 aromatic rings. The summed E-state index contributed by atoms with van der Waals surface area (Å²) < 4.78 is 5.90. The highest BCUT2D eigenvalue weighted by atomic mass is 127. The van der Waals surface area contributed by atoms with Crippen molar-refractivity contribution in [3.8, 4) is 0 Å². The van der Waals surface area contributed by atoms with E-state index < -0.39 is 0 Å². The molecule has 130 valence electrons. The van der Waals surface area contributed by atoms with Crippen LogP contribution >= 0.6 is 24.0 Å². The number of hydrogen-bond donors (Lipinski definition) is 2. The summed E-state index contributed by atoms with van der Waals surface area (Å²) in [5.74, 6) is 0.950. The Kier molecular flexibility index (Phi) is 9.66. The summed E-state index contributed by atoms with van der Waals surface area (Å²) in [4.78, 5) is 7.18. The molecule has 6 heteroatoms. The van der Waals surface area contributed by atoms with E-state index in [4.69, 9.17) is 9.73 Å². The van der Waals surface area contributed by atoms with Gasteiger partial charge < -0.3 is 20.3 Å². The molecular formula is C16H33IN4O. The first-order valence-electron chi connectivity index (χ1n) is 8.69. The number of ether oxygens (including phenoxy) is 1. The topological polar surface area (TPSA) is 48.9 Å². The van der Waals surface area contributed by atoms with Gasteiger partial charge in [0.05, 0.1) is 24.8 Å². The molecule has 22 heavy (non-hydrogen) atoms. The molecule has 5 nitrogen and oxygen atoms in total. The van der Waals surface area contributed by atoms with Gasteiger partial charge in [0, 0.05) is 13.1 Å². The Morgan fingerprint density at radius 1 is 1.23 bits per heavy atom. The first kappa shape index (κ1) is 20.0. The molecule has 2 fully saturated rings. The number of nitrogens with zero attached hydrogens (tertiary/aromatic N) is 2. The predicted molar refractivity (Wildman–Crippen MR) is 103 cm³/mol. The second-order valence-corrected chi connectivity index (χ2v) is 6.06. The van der Waals surface area contributed by atoms with Crippen molar-refractivity contribution >= 4 is 29.9 Å². The van der Waals surface area contributed by atoms with Crippen LogP contribution in [0.4, 0.5) is 0 Å². The Balaban J connectivity index is 0.00000242. The zero-order chi connectivity index (χ0) is 15.1. The van der Waals surface area contributed by atoms with Crippen LogP contribution < -0.4 is 10.6 Å². The van der Waals surface area contributed by atoms with Gasteiger partial charge in [-0.15, -0.1) is 24.0 Å². The van der Waals surface area contributed by atoms with Gasteiger partial charge in [0.2, 0.25) is 0 Å². The molecule has 3 atom stereocenters. The monoisotopic (exact) mass is 424 g/mol. The summed E-state index contributed by atoms with van der Waals surface area (Å²) in [5.41, 5.74) is 0. The van der Waals surface area contributed by atoms with Crippen LogP contribution in [0.5, 0.6) is 0 Å².